The molecule has 2 fully saturated rings. The van der Waals surface area contributed by atoms with E-state index in [1.165, 1.54) is 24.3 Å². The van der Waals surface area contributed by atoms with Gasteiger partial charge in [-0.2, -0.15) is 0 Å². The van der Waals surface area contributed by atoms with Crippen molar-refractivity contribution in [3.05, 3.63) is 65.5 Å². The standard InChI is InChI=1S/C22H24FN3O4S/c23-18-8-6-16(7-9-18)20(25-11-1-2-12-25)15-24-22(28)17-4-3-5-19(14-17)26-21(27)10-13-31(26,29)30/h3-9,14,20H,1-2,10-13,15H2,(H,24,28)/t20-/m1/s1. The fourth-order valence-electron chi connectivity index (χ4n) is 4.13. The van der Waals surface area contributed by atoms with E-state index in [-0.39, 0.29) is 41.2 Å². The Morgan fingerprint density at radius 1 is 1.10 bits per heavy atom. The third kappa shape index (κ3) is 4.62. The molecular weight excluding hydrogens is 421 g/mol. The van der Waals surface area contributed by atoms with Crippen LogP contribution in [-0.4, -0.2) is 50.5 Å². The highest BCUT2D eigenvalue weighted by atomic mass is 32.2. The smallest absolute Gasteiger partial charge is 0.251 e. The zero-order valence-corrected chi connectivity index (χ0v) is 17.8. The van der Waals surface area contributed by atoms with Gasteiger partial charge in [0.25, 0.3) is 5.91 Å². The Morgan fingerprint density at radius 2 is 1.81 bits per heavy atom. The molecule has 2 saturated heterocycles. The molecule has 1 atom stereocenters. The number of nitrogens with one attached hydrogen (secondary N) is 1. The van der Waals surface area contributed by atoms with Crippen molar-refractivity contribution in [2.75, 3.05) is 29.7 Å². The van der Waals surface area contributed by atoms with Gasteiger partial charge in [0.1, 0.15) is 5.82 Å². The van der Waals surface area contributed by atoms with E-state index >= 15 is 0 Å². The van der Waals surface area contributed by atoms with Crippen LogP contribution in [0, 0.1) is 5.82 Å². The molecule has 2 heterocycles. The van der Waals surface area contributed by atoms with Crippen LogP contribution in [-0.2, 0) is 14.8 Å². The molecule has 0 saturated carbocycles. The van der Waals surface area contributed by atoms with Crippen LogP contribution in [0.3, 0.4) is 0 Å². The van der Waals surface area contributed by atoms with Crippen molar-refractivity contribution in [2.45, 2.75) is 25.3 Å². The minimum absolute atomic E-state index is 0.0616. The molecule has 0 aromatic heterocycles. The first-order valence-electron chi connectivity index (χ1n) is 10.3. The monoisotopic (exact) mass is 445 g/mol. The van der Waals surface area contributed by atoms with Gasteiger partial charge in [-0.05, 0) is 61.8 Å². The molecule has 0 unspecified atom stereocenters. The number of likely N-dealkylation sites (tertiary alicyclic amines) is 1. The second-order valence-corrected chi connectivity index (χ2v) is 9.73. The summed E-state index contributed by atoms with van der Waals surface area (Å²) >= 11 is 0. The van der Waals surface area contributed by atoms with Gasteiger partial charge in [0.2, 0.25) is 15.9 Å². The van der Waals surface area contributed by atoms with Gasteiger partial charge in [0.05, 0.1) is 17.5 Å². The topological polar surface area (TPSA) is 86.8 Å². The summed E-state index contributed by atoms with van der Waals surface area (Å²) in [5.41, 5.74) is 1.36. The van der Waals surface area contributed by atoms with Gasteiger partial charge in [-0.25, -0.2) is 17.1 Å². The van der Waals surface area contributed by atoms with Crippen LogP contribution in [0.1, 0.15) is 41.2 Å². The zero-order valence-electron chi connectivity index (χ0n) is 17.0. The van der Waals surface area contributed by atoms with E-state index in [9.17, 15) is 22.4 Å². The molecule has 4 rings (SSSR count). The number of hydrogen-bond acceptors (Lipinski definition) is 5. The molecule has 9 heteroatoms. The summed E-state index contributed by atoms with van der Waals surface area (Å²) in [6.07, 6.45) is 2.09. The summed E-state index contributed by atoms with van der Waals surface area (Å²) in [6.45, 7) is 2.14. The number of nitrogens with zero attached hydrogens (tertiary/aromatic N) is 2. The Balaban J connectivity index is 1.50. The molecule has 1 N–H and O–H groups in total. The van der Waals surface area contributed by atoms with Crippen LogP contribution < -0.4 is 9.62 Å². The first-order chi connectivity index (χ1) is 14.8. The lowest BCUT2D eigenvalue weighted by atomic mass is 10.0. The minimum Gasteiger partial charge on any atom is -0.350 e. The van der Waals surface area contributed by atoms with Crippen molar-refractivity contribution in [3.63, 3.8) is 0 Å². The van der Waals surface area contributed by atoms with Crippen LogP contribution in [0.5, 0.6) is 0 Å². The average Bonchev–Trinajstić information content (AvgIpc) is 3.37. The molecule has 7 nitrogen and oxygen atoms in total. The van der Waals surface area contributed by atoms with Crippen LogP contribution in [0.15, 0.2) is 48.5 Å². The van der Waals surface area contributed by atoms with Gasteiger partial charge in [0, 0.05) is 18.5 Å². The Hall–Kier alpha value is -2.78. The van der Waals surface area contributed by atoms with Crippen molar-refractivity contribution >= 4 is 27.5 Å². The van der Waals surface area contributed by atoms with Crippen molar-refractivity contribution in [1.29, 1.82) is 0 Å². The second-order valence-electron chi connectivity index (χ2n) is 7.79. The fraction of sp³-hybridized carbons (Fsp3) is 0.364. The predicted molar refractivity (Wildman–Crippen MR) is 115 cm³/mol. The Kier molecular flexibility index (Phi) is 6.06. The minimum atomic E-state index is -3.69. The fourth-order valence-corrected chi connectivity index (χ4v) is 5.58. The van der Waals surface area contributed by atoms with Crippen molar-refractivity contribution in [1.82, 2.24) is 10.2 Å². The highest BCUT2D eigenvalue weighted by molar-refractivity contribution is 7.94. The molecule has 31 heavy (non-hydrogen) atoms. The van der Waals surface area contributed by atoms with Crippen LogP contribution in [0.25, 0.3) is 0 Å². The molecule has 0 radical (unpaired) electrons. The maximum absolute atomic E-state index is 13.4. The summed E-state index contributed by atoms with van der Waals surface area (Å²) in [5.74, 6) is -1.39. The molecule has 2 amide bonds. The number of anilines is 1. The number of hydrogen-bond donors (Lipinski definition) is 1. The lowest BCUT2D eigenvalue weighted by Crippen LogP contribution is -2.37. The summed E-state index contributed by atoms with van der Waals surface area (Å²) < 4.78 is 38.5. The van der Waals surface area contributed by atoms with E-state index in [0.717, 1.165) is 35.8 Å². The molecule has 0 aliphatic carbocycles. The number of carbonyl (C=O) groups is 2. The average molecular weight is 446 g/mol. The lowest BCUT2D eigenvalue weighted by Gasteiger charge is -2.28. The molecule has 0 bridgehead atoms. The number of carbonyl (C=O) groups excluding carboxylic acids is 2. The Bertz CT molecular complexity index is 1080. The Morgan fingerprint density at radius 3 is 2.45 bits per heavy atom. The van der Waals surface area contributed by atoms with Gasteiger partial charge < -0.3 is 5.32 Å². The van der Waals surface area contributed by atoms with Gasteiger partial charge in [-0.15, -0.1) is 0 Å². The molecular formula is C22H24FN3O4S. The maximum atomic E-state index is 13.4. The maximum Gasteiger partial charge on any atom is 0.251 e. The highest BCUT2D eigenvalue weighted by Crippen LogP contribution is 2.27. The normalized spacial score (nSPS) is 19.5. The molecule has 2 aliphatic rings. The summed E-state index contributed by atoms with van der Waals surface area (Å²) in [5, 5.41) is 2.91. The zero-order chi connectivity index (χ0) is 22.0. The van der Waals surface area contributed by atoms with Crippen LogP contribution in [0.4, 0.5) is 10.1 Å². The van der Waals surface area contributed by atoms with Crippen molar-refractivity contribution < 1.29 is 22.4 Å². The van der Waals surface area contributed by atoms with Crippen molar-refractivity contribution in [3.8, 4) is 0 Å². The lowest BCUT2D eigenvalue weighted by molar-refractivity contribution is -0.116. The molecule has 2 aromatic rings. The first kappa shape index (κ1) is 21.5. The van der Waals surface area contributed by atoms with Gasteiger partial charge in [-0.3, -0.25) is 14.5 Å². The third-order valence-electron chi connectivity index (χ3n) is 5.71. The molecule has 2 aromatic carbocycles. The summed E-state index contributed by atoms with van der Waals surface area (Å²) in [4.78, 5) is 27.1. The third-order valence-corrected chi connectivity index (χ3v) is 7.40. The highest BCUT2D eigenvalue weighted by Gasteiger charge is 2.36. The van der Waals surface area contributed by atoms with E-state index < -0.39 is 15.9 Å². The van der Waals surface area contributed by atoms with Crippen LogP contribution >= 0.6 is 0 Å². The number of sulfonamides is 1. The van der Waals surface area contributed by atoms with Gasteiger partial charge in [0.15, 0.2) is 0 Å². The predicted octanol–water partition coefficient (Wildman–Crippen LogP) is 2.46. The number of amides is 2. The first-order valence-corrected chi connectivity index (χ1v) is 11.9. The van der Waals surface area contributed by atoms with E-state index in [1.807, 2.05) is 0 Å². The quantitative estimate of drug-likeness (QED) is 0.738. The van der Waals surface area contributed by atoms with Gasteiger partial charge >= 0.3 is 0 Å². The van der Waals surface area contributed by atoms with Crippen LogP contribution in [0.2, 0.25) is 0 Å². The van der Waals surface area contributed by atoms with Crippen molar-refractivity contribution in [2.24, 2.45) is 0 Å². The number of rotatable bonds is 6. The second kappa shape index (κ2) is 8.76. The van der Waals surface area contributed by atoms with Gasteiger partial charge in [-0.1, -0.05) is 18.2 Å². The largest absolute Gasteiger partial charge is 0.350 e. The van der Waals surface area contributed by atoms with E-state index in [4.69, 9.17) is 0 Å². The number of benzene rings is 2. The van der Waals surface area contributed by atoms with E-state index in [1.54, 1.807) is 24.3 Å². The number of halogens is 1. The summed E-state index contributed by atoms with van der Waals surface area (Å²) in [7, 11) is -3.69. The molecule has 164 valence electrons. The van der Waals surface area contributed by atoms with E-state index in [2.05, 4.69) is 10.2 Å². The Labute approximate surface area is 180 Å². The summed E-state index contributed by atoms with van der Waals surface area (Å²) in [6, 6.07) is 12.3. The van der Waals surface area contributed by atoms with E-state index in [0.29, 0.717) is 6.54 Å². The molecule has 2 aliphatic heterocycles. The SMILES string of the molecule is O=C(NC[C@H](c1ccc(F)cc1)N1CCCC1)c1cccc(N2C(=O)CCS2(=O)=O)c1. The molecule has 0 spiro atoms.